The lowest BCUT2D eigenvalue weighted by Crippen LogP contribution is -2.28. The Kier molecular flexibility index (Phi) is 3.83. The van der Waals surface area contributed by atoms with E-state index in [4.69, 9.17) is 11.6 Å². The van der Waals surface area contributed by atoms with Gasteiger partial charge in [0, 0.05) is 16.1 Å². The second-order valence-corrected chi connectivity index (χ2v) is 5.34. The summed E-state index contributed by atoms with van der Waals surface area (Å²) in [6.45, 7) is -0.394. The van der Waals surface area contributed by atoms with E-state index in [-0.39, 0.29) is 11.7 Å². The Morgan fingerprint density at radius 1 is 1.18 bits per heavy atom. The molecule has 1 aliphatic heterocycles. The quantitative estimate of drug-likeness (QED) is 0.794. The number of aliphatic hydroxyl groups excluding tert-OH is 1. The summed E-state index contributed by atoms with van der Waals surface area (Å²) in [4.78, 5) is 16.4. The van der Waals surface area contributed by atoms with Gasteiger partial charge in [-0.3, -0.25) is 9.79 Å². The van der Waals surface area contributed by atoms with Gasteiger partial charge in [-0.25, -0.2) is 0 Å². The number of amides is 1. The lowest BCUT2D eigenvalue weighted by molar-refractivity contribution is -0.118. The first-order valence-electron chi connectivity index (χ1n) is 6.67. The maximum Gasteiger partial charge on any atom is 0.251 e. The van der Waals surface area contributed by atoms with Crippen molar-refractivity contribution in [2.45, 2.75) is 6.04 Å². The Labute approximate surface area is 131 Å². The van der Waals surface area contributed by atoms with Gasteiger partial charge < -0.3 is 15.5 Å². The zero-order chi connectivity index (χ0) is 15.7. The molecule has 3 N–H and O–H groups in total. The Hall–Kier alpha value is -2.37. The number of benzodiazepines with no additional fused rings is 1. The first-order valence-corrected chi connectivity index (χ1v) is 7.05. The highest BCUT2D eigenvalue weighted by atomic mass is 35.5. The molecule has 0 unspecified atom stereocenters. The second-order valence-electron chi connectivity index (χ2n) is 4.90. The van der Waals surface area contributed by atoms with Crippen LogP contribution in [0.15, 0.2) is 47.5 Å². The number of phenolic OH excluding ortho intramolecular Hbond substituents is 1. The molecule has 1 heterocycles. The van der Waals surface area contributed by atoms with Gasteiger partial charge in [0.25, 0.3) is 5.91 Å². The number of aliphatic hydroxyl groups is 1. The number of carbonyl (C=O) groups is 1. The summed E-state index contributed by atoms with van der Waals surface area (Å²) in [7, 11) is 0. The molecule has 0 radical (unpaired) electrons. The molecule has 0 aliphatic carbocycles. The summed E-state index contributed by atoms with van der Waals surface area (Å²) in [5.41, 5.74) is 2.51. The number of halogens is 1. The minimum absolute atomic E-state index is 0.136. The molecule has 0 aromatic heterocycles. The number of aromatic hydroxyl groups is 1. The Morgan fingerprint density at radius 3 is 2.59 bits per heavy atom. The van der Waals surface area contributed by atoms with E-state index in [1.165, 1.54) is 12.1 Å². The fourth-order valence-corrected chi connectivity index (χ4v) is 2.47. The average Bonchev–Trinajstić information content (AvgIpc) is 2.64. The van der Waals surface area contributed by atoms with Crippen LogP contribution in [-0.4, -0.2) is 34.5 Å². The monoisotopic (exact) mass is 316 g/mol. The van der Waals surface area contributed by atoms with Gasteiger partial charge in [-0.2, -0.15) is 0 Å². The van der Waals surface area contributed by atoms with Crippen LogP contribution in [0, 0.1) is 0 Å². The summed E-state index contributed by atoms with van der Waals surface area (Å²) >= 11 is 6.06. The van der Waals surface area contributed by atoms with Crippen LogP contribution in [-0.2, 0) is 4.79 Å². The van der Waals surface area contributed by atoms with Gasteiger partial charge in [-0.1, -0.05) is 11.6 Å². The predicted octanol–water partition coefficient (Wildman–Crippen LogP) is 2.20. The maximum atomic E-state index is 12.1. The molecular formula is C16H13ClN2O3. The van der Waals surface area contributed by atoms with E-state index in [1.807, 2.05) is 0 Å². The van der Waals surface area contributed by atoms with Gasteiger partial charge in [0.2, 0.25) is 0 Å². The van der Waals surface area contributed by atoms with Gasteiger partial charge in [-0.15, -0.1) is 0 Å². The van der Waals surface area contributed by atoms with E-state index in [1.54, 1.807) is 30.3 Å². The van der Waals surface area contributed by atoms with Gasteiger partial charge in [0.1, 0.15) is 5.75 Å². The van der Waals surface area contributed by atoms with Crippen molar-refractivity contribution < 1.29 is 15.0 Å². The van der Waals surface area contributed by atoms with E-state index < -0.39 is 12.6 Å². The van der Waals surface area contributed by atoms with Crippen molar-refractivity contribution in [2.24, 2.45) is 4.99 Å². The fraction of sp³-hybridized carbons (Fsp3) is 0.125. The number of hydrogen-bond acceptors (Lipinski definition) is 4. The first-order chi connectivity index (χ1) is 10.6. The lowest BCUT2D eigenvalue weighted by Gasteiger charge is -2.10. The molecule has 3 rings (SSSR count). The normalized spacial score (nSPS) is 17.3. The van der Waals surface area contributed by atoms with Crippen LogP contribution in [0.5, 0.6) is 5.75 Å². The Morgan fingerprint density at radius 2 is 1.91 bits per heavy atom. The van der Waals surface area contributed by atoms with Crippen molar-refractivity contribution in [3.63, 3.8) is 0 Å². The molecule has 0 saturated carbocycles. The Bertz CT molecular complexity index is 756. The molecule has 5 nitrogen and oxygen atoms in total. The third kappa shape index (κ3) is 2.68. The van der Waals surface area contributed by atoms with Gasteiger partial charge >= 0.3 is 0 Å². The van der Waals surface area contributed by atoms with Crippen LogP contribution >= 0.6 is 11.6 Å². The summed E-state index contributed by atoms with van der Waals surface area (Å²) < 4.78 is 0. The fourth-order valence-electron chi connectivity index (χ4n) is 2.29. The summed E-state index contributed by atoms with van der Waals surface area (Å²) in [5, 5.41) is 22.1. The molecular weight excluding hydrogens is 304 g/mol. The van der Waals surface area contributed by atoms with Gasteiger partial charge in [-0.05, 0) is 42.5 Å². The second kappa shape index (κ2) is 5.79. The number of aliphatic imine (C=N–C) groups is 1. The number of fused-ring (bicyclic) bond motifs is 1. The largest absolute Gasteiger partial charge is 0.508 e. The number of phenols is 1. The van der Waals surface area contributed by atoms with E-state index in [2.05, 4.69) is 10.3 Å². The molecule has 22 heavy (non-hydrogen) atoms. The number of nitrogens with one attached hydrogen (secondary N) is 1. The molecule has 0 spiro atoms. The minimum Gasteiger partial charge on any atom is -0.508 e. The molecule has 1 aliphatic rings. The van der Waals surface area contributed by atoms with Crippen molar-refractivity contribution in [3.8, 4) is 5.75 Å². The third-order valence-corrected chi connectivity index (χ3v) is 3.63. The van der Waals surface area contributed by atoms with Crippen LogP contribution in [0.2, 0.25) is 5.02 Å². The van der Waals surface area contributed by atoms with Crippen molar-refractivity contribution in [1.29, 1.82) is 0 Å². The molecule has 112 valence electrons. The highest BCUT2D eigenvalue weighted by molar-refractivity contribution is 6.32. The maximum absolute atomic E-state index is 12.1. The number of rotatable bonds is 2. The molecule has 2 aromatic rings. The molecule has 1 atom stereocenters. The lowest BCUT2D eigenvalue weighted by atomic mass is 10.0. The zero-order valence-corrected chi connectivity index (χ0v) is 12.2. The molecule has 6 heteroatoms. The predicted molar refractivity (Wildman–Crippen MR) is 84.7 cm³/mol. The molecule has 0 saturated heterocycles. The smallest absolute Gasteiger partial charge is 0.251 e. The van der Waals surface area contributed by atoms with Crippen molar-refractivity contribution in [2.75, 3.05) is 11.9 Å². The SMILES string of the molecule is O=C1Nc2ccc(Cl)cc2C(c2ccc(O)cc2)=N[C@H]1CO. The van der Waals surface area contributed by atoms with Crippen LogP contribution in [0.25, 0.3) is 0 Å². The molecule has 0 bridgehead atoms. The van der Waals surface area contributed by atoms with Crippen molar-refractivity contribution in [1.82, 2.24) is 0 Å². The minimum atomic E-state index is -0.894. The topological polar surface area (TPSA) is 81.9 Å². The van der Waals surface area contributed by atoms with Crippen molar-refractivity contribution >= 4 is 28.9 Å². The number of anilines is 1. The number of nitrogens with zero attached hydrogens (tertiary/aromatic N) is 1. The zero-order valence-electron chi connectivity index (χ0n) is 11.5. The molecule has 2 aromatic carbocycles. The van der Waals surface area contributed by atoms with E-state index in [0.717, 1.165) is 5.56 Å². The van der Waals surface area contributed by atoms with Crippen LogP contribution in [0.1, 0.15) is 11.1 Å². The van der Waals surface area contributed by atoms with Crippen molar-refractivity contribution in [3.05, 3.63) is 58.6 Å². The van der Waals surface area contributed by atoms with Crippen LogP contribution in [0.4, 0.5) is 5.69 Å². The van der Waals surface area contributed by atoms with E-state index in [0.29, 0.717) is 22.0 Å². The highest BCUT2D eigenvalue weighted by Crippen LogP contribution is 2.27. The number of carbonyl (C=O) groups excluding carboxylic acids is 1. The molecule has 0 fully saturated rings. The number of hydrogen-bond donors (Lipinski definition) is 3. The van der Waals surface area contributed by atoms with Gasteiger partial charge in [0.15, 0.2) is 6.04 Å². The van der Waals surface area contributed by atoms with Gasteiger partial charge in [0.05, 0.1) is 18.0 Å². The standard InChI is InChI=1S/C16H13ClN2O3/c17-10-3-6-13-12(7-10)15(9-1-4-11(21)5-2-9)18-14(8-20)16(22)19-13/h1-7,14,20-21H,8H2,(H,19,22)/t14-/m0/s1. The molecule has 1 amide bonds. The average molecular weight is 317 g/mol. The van der Waals surface area contributed by atoms with E-state index in [9.17, 15) is 15.0 Å². The van der Waals surface area contributed by atoms with Crippen LogP contribution < -0.4 is 5.32 Å². The van der Waals surface area contributed by atoms with E-state index >= 15 is 0 Å². The first kappa shape index (κ1) is 14.6. The highest BCUT2D eigenvalue weighted by Gasteiger charge is 2.25. The summed E-state index contributed by atoms with van der Waals surface area (Å²) in [6.07, 6.45) is 0. The summed E-state index contributed by atoms with van der Waals surface area (Å²) in [5.74, 6) is -0.239. The Balaban J connectivity index is 2.21. The summed E-state index contributed by atoms with van der Waals surface area (Å²) in [6, 6.07) is 10.7. The number of benzene rings is 2. The van der Waals surface area contributed by atoms with Crippen LogP contribution in [0.3, 0.4) is 0 Å². The third-order valence-electron chi connectivity index (χ3n) is 3.40.